The van der Waals surface area contributed by atoms with Crippen LogP contribution in [0.2, 0.25) is 5.02 Å². The number of rotatable bonds is 6. The van der Waals surface area contributed by atoms with E-state index in [1.54, 1.807) is 12.3 Å². The van der Waals surface area contributed by atoms with Gasteiger partial charge >= 0.3 is 0 Å². The monoisotopic (exact) mass is 294 g/mol. The van der Waals surface area contributed by atoms with Crippen molar-refractivity contribution in [3.63, 3.8) is 0 Å². The summed E-state index contributed by atoms with van der Waals surface area (Å²) in [6.45, 7) is 0.984. The van der Waals surface area contributed by atoms with E-state index in [-0.39, 0.29) is 5.02 Å². The summed E-state index contributed by atoms with van der Waals surface area (Å²) in [4.78, 5) is 4.23. The van der Waals surface area contributed by atoms with Gasteiger partial charge in [0.05, 0.1) is 11.2 Å². The lowest BCUT2D eigenvalue weighted by atomic mass is 10.2. The quantitative estimate of drug-likeness (QED) is 0.823. The van der Waals surface area contributed by atoms with Gasteiger partial charge in [-0.25, -0.2) is 9.37 Å². The zero-order chi connectivity index (χ0) is 13.9. The molecule has 1 aliphatic carbocycles. The van der Waals surface area contributed by atoms with Crippen LogP contribution in [0.3, 0.4) is 0 Å². The Morgan fingerprint density at radius 2 is 2.25 bits per heavy atom. The number of hydrogen-bond donors (Lipinski definition) is 1. The highest BCUT2D eigenvalue weighted by Crippen LogP contribution is 2.25. The van der Waals surface area contributed by atoms with Crippen molar-refractivity contribution in [1.82, 2.24) is 10.3 Å². The van der Waals surface area contributed by atoms with Gasteiger partial charge in [-0.3, -0.25) is 0 Å². The lowest BCUT2D eigenvalue weighted by Gasteiger charge is -2.00. The smallest absolute Gasteiger partial charge is 0.194 e. The molecule has 0 aliphatic heterocycles. The van der Waals surface area contributed by atoms with E-state index in [4.69, 9.17) is 16.0 Å². The average Bonchev–Trinajstić information content (AvgIpc) is 3.15. The van der Waals surface area contributed by atoms with Crippen LogP contribution in [0, 0.1) is 5.82 Å². The maximum atomic E-state index is 13.4. The minimum absolute atomic E-state index is 0.111. The molecular formula is C15H16ClFN2O. The van der Waals surface area contributed by atoms with Crippen LogP contribution in [0.1, 0.15) is 25.2 Å². The fourth-order valence-corrected chi connectivity index (χ4v) is 2.16. The molecule has 1 fully saturated rings. The van der Waals surface area contributed by atoms with E-state index >= 15 is 0 Å². The van der Waals surface area contributed by atoms with Gasteiger partial charge in [-0.05, 0) is 44.0 Å². The summed E-state index contributed by atoms with van der Waals surface area (Å²) in [6, 6.07) is 5.34. The second kappa shape index (κ2) is 5.94. The Bertz CT molecular complexity index is 595. The van der Waals surface area contributed by atoms with Gasteiger partial charge in [0, 0.05) is 18.0 Å². The fourth-order valence-electron chi connectivity index (χ4n) is 2.04. The molecule has 3 rings (SSSR count). The summed E-state index contributed by atoms with van der Waals surface area (Å²) < 4.78 is 19.0. The van der Waals surface area contributed by atoms with Crippen molar-refractivity contribution in [3.05, 3.63) is 41.1 Å². The third-order valence-electron chi connectivity index (χ3n) is 3.34. The Hall–Kier alpha value is -1.39. The zero-order valence-corrected chi connectivity index (χ0v) is 11.8. The maximum Gasteiger partial charge on any atom is 0.194 e. The number of nitrogens with one attached hydrogen (secondary N) is 1. The molecule has 0 amide bonds. The summed E-state index contributed by atoms with van der Waals surface area (Å²) in [6.07, 6.45) is 6.00. The number of halogens is 2. The zero-order valence-electron chi connectivity index (χ0n) is 11.0. The van der Waals surface area contributed by atoms with Crippen molar-refractivity contribution in [1.29, 1.82) is 0 Å². The van der Waals surface area contributed by atoms with Crippen LogP contribution in [0.5, 0.6) is 0 Å². The van der Waals surface area contributed by atoms with Gasteiger partial charge in [-0.1, -0.05) is 11.6 Å². The van der Waals surface area contributed by atoms with Crippen LogP contribution in [0.15, 0.2) is 28.8 Å². The van der Waals surface area contributed by atoms with Gasteiger partial charge in [0.2, 0.25) is 0 Å². The highest BCUT2D eigenvalue weighted by molar-refractivity contribution is 6.30. The molecule has 1 aromatic carbocycles. The van der Waals surface area contributed by atoms with E-state index in [9.17, 15) is 4.39 Å². The molecule has 5 heteroatoms. The maximum absolute atomic E-state index is 13.4. The third kappa shape index (κ3) is 3.38. The third-order valence-corrected chi connectivity index (χ3v) is 3.64. The highest BCUT2D eigenvalue weighted by Gasteiger charge is 2.19. The van der Waals surface area contributed by atoms with Crippen molar-refractivity contribution in [3.8, 4) is 11.3 Å². The lowest BCUT2D eigenvalue weighted by Crippen LogP contribution is -2.17. The van der Waals surface area contributed by atoms with E-state index in [1.807, 2.05) is 0 Å². The largest absolute Gasteiger partial charge is 0.441 e. The van der Waals surface area contributed by atoms with Crippen LogP contribution in [0.4, 0.5) is 4.39 Å². The van der Waals surface area contributed by atoms with E-state index in [0.717, 1.165) is 25.4 Å². The van der Waals surface area contributed by atoms with Crippen molar-refractivity contribution in [2.75, 3.05) is 6.54 Å². The van der Waals surface area contributed by atoms with Gasteiger partial charge in [0.25, 0.3) is 0 Å². The fraction of sp³-hybridized carbons (Fsp3) is 0.400. The van der Waals surface area contributed by atoms with Gasteiger partial charge in [-0.2, -0.15) is 0 Å². The molecule has 0 bridgehead atoms. The molecule has 0 spiro atoms. The number of aryl methyl sites for hydroxylation is 1. The van der Waals surface area contributed by atoms with Gasteiger partial charge < -0.3 is 9.73 Å². The predicted molar refractivity (Wildman–Crippen MR) is 76.3 cm³/mol. The van der Waals surface area contributed by atoms with Crippen molar-refractivity contribution < 1.29 is 8.81 Å². The minimum atomic E-state index is -0.448. The predicted octanol–water partition coefficient (Wildman–Crippen LogP) is 3.82. The lowest BCUT2D eigenvalue weighted by molar-refractivity contribution is 0.491. The molecule has 106 valence electrons. The Kier molecular flexibility index (Phi) is 4.03. The summed E-state index contributed by atoms with van der Waals surface area (Å²) in [5.74, 6) is 0.814. The molecule has 3 nitrogen and oxygen atoms in total. The summed E-state index contributed by atoms with van der Waals surface area (Å²) in [5.41, 5.74) is 0.654. The molecule has 1 N–H and O–H groups in total. The summed E-state index contributed by atoms with van der Waals surface area (Å²) >= 11 is 5.66. The Morgan fingerprint density at radius 1 is 1.40 bits per heavy atom. The first-order chi connectivity index (χ1) is 9.72. The van der Waals surface area contributed by atoms with Crippen LogP contribution < -0.4 is 5.32 Å². The van der Waals surface area contributed by atoms with Crippen molar-refractivity contribution in [2.24, 2.45) is 0 Å². The minimum Gasteiger partial charge on any atom is -0.441 e. The molecular weight excluding hydrogens is 279 g/mol. The van der Waals surface area contributed by atoms with Crippen LogP contribution in [-0.4, -0.2) is 17.6 Å². The molecule has 20 heavy (non-hydrogen) atoms. The van der Waals surface area contributed by atoms with Gasteiger partial charge in [0.15, 0.2) is 11.7 Å². The van der Waals surface area contributed by atoms with Crippen molar-refractivity contribution in [2.45, 2.75) is 31.7 Å². The molecule has 0 radical (unpaired) electrons. The van der Waals surface area contributed by atoms with E-state index in [1.165, 1.54) is 25.0 Å². The number of oxazole rings is 1. The second-order valence-electron chi connectivity index (χ2n) is 5.08. The van der Waals surface area contributed by atoms with E-state index in [2.05, 4.69) is 10.3 Å². The summed E-state index contributed by atoms with van der Waals surface area (Å²) in [5, 5.41) is 3.56. The SMILES string of the molecule is Fc1cc(-c2cnc(CCCNC3CC3)o2)ccc1Cl. The van der Waals surface area contributed by atoms with Crippen molar-refractivity contribution >= 4 is 11.6 Å². The number of nitrogens with zero attached hydrogens (tertiary/aromatic N) is 1. The normalized spacial score (nSPS) is 14.7. The van der Waals surface area contributed by atoms with Crippen LogP contribution in [0.25, 0.3) is 11.3 Å². The Morgan fingerprint density at radius 3 is 3.00 bits per heavy atom. The Labute approximate surface area is 122 Å². The van der Waals surface area contributed by atoms with Crippen LogP contribution in [-0.2, 0) is 6.42 Å². The average molecular weight is 295 g/mol. The summed E-state index contributed by atoms with van der Waals surface area (Å²) in [7, 11) is 0. The first-order valence-electron chi connectivity index (χ1n) is 6.86. The first kappa shape index (κ1) is 13.6. The van der Waals surface area contributed by atoms with E-state index in [0.29, 0.717) is 17.2 Å². The standard InChI is InChI=1S/C15H16ClFN2O/c16-12-6-3-10(8-13(12)17)14-9-19-15(20-14)2-1-7-18-11-4-5-11/h3,6,8-9,11,18H,1-2,4-5,7H2. The number of benzene rings is 1. The molecule has 0 saturated heterocycles. The molecule has 0 atom stereocenters. The molecule has 2 aromatic rings. The molecule has 1 aliphatic rings. The van der Waals surface area contributed by atoms with E-state index < -0.39 is 5.82 Å². The number of aromatic nitrogens is 1. The molecule has 0 unspecified atom stereocenters. The highest BCUT2D eigenvalue weighted by atomic mass is 35.5. The molecule has 1 saturated carbocycles. The molecule has 1 aromatic heterocycles. The van der Waals surface area contributed by atoms with Gasteiger partial charge in [0.1, 0.15) is 5.82 Å². The molecule has 1 heterocycles. The van der Waals surface area contributed by atoms with Gasteiger partial charge in [-0.15, -0.1) is 0 Å². The topological polar surface area (TPSA) is 38.1 Å². The van der Waals surface area contributed by atoms with Crippen LogP contribution >= 0.6 is 11.6 Å². The first-order valence-corrected chi connectivity index (χ1v) is 7.23. The second-order valence-corrected chi connectivity index (χ2v) is 5.49. The Balaban J connectivity index is 1.58. The number of hydrogen-bond acceptors (Lipinski definition) is 3.